The maximum absolute atomic E-state index is 11.5. The Balaban J connectivity index is 1.85. The lowest BCUT2D eigenvalue weighted by Gasteiger charge is -2.26. The summed E-state index contributed by atoms with van der Waals surface area (Å²) in [6.45, 7) is 4.48. The SMILES string of the molecule is NCC(=O)N1CCCC(N2CCCC2)CC1. The Morgan fingerprint density at radius 3 is 2.50 bits per heavy atom. The molecular weight excluding hydrogens is 202 g/mol. The molecule has 4 nitrogen and oxygen atoms in total. The third-order valence-electron chi connectivity index (χ3n) is 3.88. The minimum Gasteiger partial charge on any atom is -0.342 e. The number of carbonyl (C=O) groups is 1. The van der Waals surface area contributed by atoms with E-state index < -0.39 is 0 Å². The third-order valence-corrected chi connectivity index (χ3v) is 3.88. The van der Waals surface area contributed by atoms with Gasteiger partial charge in [0.1, 0.15) is 0 Å². The maximum Gasteiger partial charge on any atom is 0.236 e. The second-order valence-corrected chi connectivity index (χ2v) is 4.91. The van der Waals surface area contributed by atoms with E-state index in [4.69, 9.17) is 5.73 Å². The van der Waals surface area contributed by atoms with E-state index in [0.717, 1.165) is 25.9 Å². The monoisotopic (exact) mass is 225 g/mol. The van der Waals surface area contributed by atoms with Crippen molar-refractivity contribution >= 4 is 5.91 Å². The van der Waals surface area contributed by atoms with E-state index in [9.17, 15) is 4.79 Å². The predicted octanol–water partition coefficient (Wildman–Crippen LogP) is 0.422. The number of rotatable bonds is 2. The summed E-state index contributed by atoms with van der Waals surface area (Å²) in [5, 5.41) is 0. The molecular formula is C12H23N3O. The van der Waals surface area contributed by atoms with Gasteiger partial charge in [-0.2, -0.15) is 0 Å². The summed E-state index contributed by atoms with van der Waals surface area (Å²) in [5.74, 6) is 0.113. The van der Waals surface area contributed by atoms with Crippen LogP contribution in [0.1, 0.15) is 32.1 Å². The smallest absolute Gasteiger partial charge is 0.236 e. The fourth-order valence-corrected chi connectivity index (χ4v) is 2.93. The number of amides is 1. The summed E-state index contributed by atoms with van der Waals surface area (Å²) in [6.07, 6.45) is 6.21. The predicted molar refractivity (Wildman–Crippen MR) is 64.1 cm³/mol. The molecule has 2 heterocycles. The Labute approximate surface area is 97.8 Å². The molecule has 2 fully saturated rings. The van der Waals surface area contributed by atoms with Crippen molar-refractivity contribution in [2.75, 3.05) is 32.7 Å². The normalized spacial score (nSPS) is 28.1. The molecule has 0 spiro atoms. The van der Waals surface area contributed by atoms with E-state index in [2.05, 4.69) is 4.90 Å². The molecule has 1 amide bonds. The van der Waals surface area contributed by atoms with Crippen molar-refractivity contribution in [3.05, 3.63) is 0 Å². The average molecular weight is 225 g/mol. The summed E-state index contributed by atoms with van der Waals surface area (Å²) >= 11 is 0. The van der Waals surface area contributed by atoms with Crippen molar-refractivity contribution < 1.29 is 4.79 Å². The standard InChI is InChI=1S/C12H23N3O/c13-10-12(16)15-8-3-4-11(5-9-15)14-6-1-2-7-14/h11H,1-10,13H2. The van der Waals surface area contributed by atoms with Crippen LogP contribution in [0.25, 0.3) is 0 Å². The van der Waals surface area contributed by atoms with Crippen molar-refractivity contribution in [3.63, 3.8) is 0 Å². The van der Waals surface area contributed by atoms with Crippen LogP contribution in [-0.2, 0) is 4.79 Å². The largest absolute Gasteiger partial charge is 0.342 e. The van der Waals surface area contributed by atoms with Gasteiger partial charge in [0.05, 0.1) is 6.54 Å². The molecule has 2 aliphatic heterocycles. The fraction of sp³-hybridized carbons (Fsp3) is 0.917. The van der Waals surface area contributed by atoms with Crippen molar-refractivity contribution in [3.8, 4) is 0 Å². The van der Waals surface area contributed by atoms with Gasteiger partial charge in [-0.15, -0.1) is 0 Å². The van der Waals surface area contributed by atoms with Crippen molar-refractivity contribution in [1.29, 1.82) is 0 Å². The minimum absolute atomic E-state index is 0.113. The van der Waals surface area contributed by atoms with E-state index in [0.29, 0.717) is 6.04 Å². The molecule has 92 valence electrons. The summed E-state index contributed by atoms with van der Waals surface area (Å²) in [6, 6.07) is 0.707. The quantitative estimate of drug-likeness (QED) is 0.741. The molecule has 0 bridgehead atoms. The summed E-state index contributed by atoms with van der Waals surface area (Å²) in [4.78, 5) is 16.1. The van der Waals surface area contributed by atoms with Crippen LogP contribution in [0.2, 0.25) is 0 Å². The van der Waals surface area contributed by atoms with Gasteiger partial charge < -0.3 is 15.5 Å². The Bertz CT molecular complexity index is 238. The first-order valence-corrected chi connectivity index (χ1v) is 6.53. The number of nitrogens with zero attached hydrogens (tertiary/aromatic N) is 2. The van der Waals surface area contributed by atoms with Crippen molar-refractivity contribution in [2.24, 2.45) is 5.73 Å². The Morgan fingerprint density at radius 1 is 1.06 bits per heavy atom. The summed E-state index contributed by atoms with van der Waals surface area (Å²) < 4.78 is 0. The lowest BCUT2D eigenvalue weighted by atomic mass is 10.1. The number of nitrogens with two attached hydrogens (primary N) is 1. The highest BCUT2D eigenvalue weighted by atomic mass is 16.2. The lowest BCUT2D eigenvalue weighted by molar-refractivity contribution is -0.129. The first kappa shape index (κ1) is 11.9. The highest BCUT2D eigenvalue weighted by Gasteiger charge is 2.25. The first-order chi connectivity index (χ1) is 7.81. The molecule has 1 unspecified atom stereocenters. The number of hydrogen-bond donors (Lipinski definition) is 1. The van der Waals surface area contributed by atoms with Gasteiger partial charge >= 0.3 is 0 Å². The zero-order valence-electron chi connectivity index (χ0n) is 10.0. The van der Waals surface area contributed by atoms with Gasteiger partial charge in [-0.3, -0.25) is 4.79 Å². The van der Waals surface area contributed by atoms with Crippen LogP contribution >= 0.6 is 0 Å². The zero-order chi connectivity index (χ0) is 11.4. The topological polar surface area (TPSA) is 49.6 Å². The van der Waals surface area contributed by atoms with Gasteiger partial charge in [-0.05, 0) is 45.2 Å². The third kappa shape index (κ3) is 2.74. The second kappa shape index (κ2) is 5.64. The molecule has 0 aromatic heterocycles. The zero-order valence-corrected chi connectivity index (χ0v) is 10.0. The van der Waals surface area contributed by atoms with E-state index in [1.54, 1.807) is 0 Å². The summed E-state index contributed by atoms with van der Waals surface area (Å²) in [7, 11) is 0. The molecule has 2 N–H and O–H groups in total. The van der Waals surface area contributed by atoms with Gasteiger partial charge in [0.25, 0.3) is 0 Å². The molecule has 0 aromatic carbocycles. The molecule has 1 atom stereocenters. The summed E-state index contributed by atoms with van der Waals surface area (Å²) in [5.41, 5.74) is 5.41. The molecule has 2 aliphatic rings. The van der Waals surface area contributed by atoms with Crippen molar-refractivity contribution in [1.82, 2.24) is 9.80 Å². The highest BCUT2D eigenvalue weighted by Crippen LogP contribution is 2.21. The van der Waals surface area contributed by atoms with Gasteiger partial charge in [0.2, 0.25) is 5.91 Å². The van der Waals surface area contributed by atoms with Gasteiger partial charge in [0.15, 0.2) is 0 Å². The Morgan fingerprint density at radius 2 is 1.81 bits per heavy atom. The van der Waals surface area contributed by atoms with Crippen LogP contribution in [0, 0.1) is 0 Å². The fourth-order valence-electron chi connectivity index (χ4n) is 2.93. The number of likely N-dealkylation sites (tertiary alicyclic amines) is 2. The van der Waals surface area contributed by atoms with Crippen molar-refractivity contribution in [2.45, 2.75) is 38.1 Å². The highest BCUT2D eigenvalue weighted by molar-refractivity contribution is 5.78. The van der Waals surface area contributed by atoms with Crippen LogP contribution in [0.3, 0.4) is 0 Å². The molecule has 0 aromatic rings. The molecule has 2 saturated heterocycles. The molecule has 0 aliphatic carbocycles. The number of carbonyl (C=O) groups excluding carboxylic acids is 1. The van der Waals surface area contributed by atoms with Crippen LogP contribution in [-0.4, -0.2) is 54.5 Å². The van der Waals surface area contributed by atoms with E-state index in [1.807, 2.05) is 4.90 Å². The molecule has 16 heavy (non-hydrogen) atoms. The second-order valence-electron chi connectivity index (χ2n) is 4.91. The first-order valence-electron chi connectivity index (χ1n) is 6.53. The maximum atomic E-state index is 11.5. The van der Waals surface area contributed by atoms with Gasteiger partial charge in [-0.1, -0.05) is 0 Å². The van der Waals surface area contributed by atoms with Gasteiger partial charge in [0, 0.05) is 19.1 Å². The van der Waals surface area contributed by atoms with Crippen LogP contribution < -0.4 is 5.73 Å². The molecule has 0 radical (unpaired) electrons. The van der Waals surface area contributed by atoms with E-state index in [-0.39, 0.29) is 12.5 Å². The van der Waals surface area contributed by atoms with E-state index in [1.165, 1.54) is 32.4 Å². The van der Waals surface area contributed by atoms with Crippen LogP contribution in [0.4, 0.5) is 0 Å². The molecule has 2 rings (SSSR count). The lowest BCUT2D eigenvalue weighted by Crippen LogP contribution is -2.38. The Kier molecular flexibility index (Phi) is 4.18. The van der Waals surface area contributed by atoms with Crippen LogP contribution in [0.5, 0.6) is 0 Å². The van der Waals surface area contributed by atoms with E-state index >= 15 is 0 Å². The Hall–Kier alpha value is -0.610. The molecule has 0 saturated carbocycles. The molecule has 4 heteroatoms. The van der Waals surface area contributed by atoms with Gasteiger partial charge in [-0.25, -0.2) is 0 Å². The minimum atomic E-state index is 0.113. The average Bonchev–Trinajstić information content (AvgIpc) is 2.73. The van der Waals surface area contributed by atoms with Crippen LogP contribution in [0.15, 0.2) is 0 Å². The number of hydrogen-bond acceptors (Lipinski definition) is 3.